The van der Waals surface area contributed by atoms with Gasteiger partial charge in [-0.3, -0.25) is 4.79 Å². The number of benzene rings is 3. The first kappa shape index (κ1) is 25.3. The van der Waals surface area contributed by atoms with Gasteiger partial charge in [-0.05, 0) is 61.6 Å². The van der Waals surface area contributed by atoms with Gasteiger partial charge in [-0.25, -0.2) is 13.2 Å². The van der Waals surface area contributed by atoms with Crippen molar-refractivity contribution in [1.82, 2.24) is 0 Å². The molecule has 0 heterocycles. The largest absolute Gasteiger partial charge is 0.475 e. The van der Waals surface area contributed by atoms with Crippen LogP contribution in [-0.2, 0) is 11.2 Å². The van der Waals surface area contributed by atoms with E-state index in [0.29, 0.717) is 11.3 Å². The maximum absolute atomic E-state index is 13.4. The molecular formula is C27H24F3NO2S. The number of hydrogen-bond acceptors (Lipinski definition) is 3. The molecule has 0 unspecified atom stereocenters. The third kappa shape index (κ3) is 7.32. The summed E-state index contributed by atoms with van der Waals surface area (Å²) in [7, 11) is 0. The number of hydrogen-bond donors (Lipinski definition) is 1. The zero-order valence-electron chi connectivity index (χ0n) is 19.0. The molecule has 0 saturated carbocycles. The number of amides is 1. The Bertz CT molecular complexity index is 1190. The highest BCUT2D eigenvalue weighted by Crippen LogP contribution is 2.23. The Morgan fingerprint density at radius 1 is 1.00 bits per heavy atom. The van der Waals surface area contributed by atoms with Crippen molar-refractivity contribution in [2.24, 2.45) is 0 Å². The first-order valence-electron chi connectivity index (χ1n) is 10.6. The fourth-order valence-electron chi connectivity index (χ4n) is 3.03. The molecule has 3 nitrogen and oxygen atoms in total. The van der Waals surface area contributed by atoms with Gasteiger partial charge in [0.15, 0.2) is 23.1 Å². The van der Waals surface area contributed by atoms with Gasteiger partial charge in [0.1, 0.15) is 5.75 Å². The number of halogens is 3. The Hall–Kier alpha value is -3.37. The average Bonchev–Trinajstić information content (AvgIpc) is 2.78. The van der Waals surface area contributed by atoms with Crippen molar-refractivity contribution in [3.05, 3.63) is 89.2 Å². The van der Waals surface area contributed by atoms with E-state index in [1.165, 1.54) is 4.90 Å². The van der Waals surface area contributed by atoms with Crippen molar-refractivity contribution < 1.29 is 22.7 Å². The molecule has 0 aliphatic rings. The van der Waals surface area contributed by atoms with Crippen LogP contribution in [0.2, 0.25) is 0 Å². The zero-order valence-corrected chi connectivity index (χ0v) is 19.9. The molecular weight excluding hydrogens is 459 g/mol. The molecule has 176 valence electrons. The number of ether oxygens (including phenoxy) is 1. The molecule has 0 aromatic heterocycles. The summed E-state index contributed by atoms with van der Waals surface area (Å²) in [6.07, 6.45) is 0.273. The van der Waals surface area contributed by atoms with Gasteiger partial charge in [0.25, 0.3) is 0 Å². The molecule has 0 atom stereocenters. The van der Waals surface area contributed by atoms with E-state index < -0.39 is 23.1 Å². The van der Waals surface area contributed by atoms with Crippen molar-refractivity contribution in [1.29, 1.82) is 0 Å². The standard InChI is InChI=1S/C27H24F3NO2S/c1-4-34-22-11-7-19(8-12-22)15-25(32)31-20-9-5-18(6-10-20)13-14-27(2,3)33-21-16-23(28)26(30)24(29)17-21/h5-12,16-17H,4,15H2,1-3H3,(H,31,32). The van der Waals surface area contributed by atoms with Crippen LogP contribution in [0.1, 0.15) is 31.9 Å². The predicted octanol–water partition coefficient (Wildman–Crippen LogP) is 6.61. The first-order chi connectivity index (χ1) is 16.1. The fraction of sp³-hybridized carbons (Fsp3) is 0.222. The number of nitrogens with one attached hydrogen (secondary N) is 1. The van der Waals surface area contributed by atoms with Crippen LogP contribution in [0, 0.1) is 29.3 Å². The van der Waals surface area contributed by atoms with E-state index in [0.717, 1.165) is 23.4 Å². The molecule has 3 aromatic rings. The summed E-state index contributed by atoms with van der Waals surface area (Å²) in [6.45, 7) is 5.35. The minimum atomic E-state index is -1.55. The molecule has 1 N–H and O–H groups in total. The lowest BCUT2D eigenvalue weighted by molar-refractivity contribution is -0.115. The lowest BCUT2D eigenvalue weighted by Crippen LogP contribution is -2.26. The quantitative estimate of drug-likeness (QED) is 0.234. The van der Waals surface area contributed by atoms with Gasteiger partial charge in [-0.1, -0.05) is 30.9 Å². The van der Waals surface area contributed by atoms with E-state index in [1.54, 1.807) is 49.9 Å². The molecule has 0 saturated heterocycles. The molecule has 34 heavy (non-hydrogen) atoms. The van der Waals surface area contributed by atoms with Crippen LogP contribution in [0.15, 0.2) is 65.6 Å². The lowest BCUT2D eigenvalue weighted by atomic mass is 10.1. The van der Waals surface area contributed by atoms with Crippen molar-refractivity contribution in [3.8, 4) is 17.6 Å². The Morgan fingerprint density at radius 2 is 1.62 bits per heavy atom. The first-order valence-corrected chi connectivity index (χ1v) is 11.6. The Balaban J connectivity index is 1.58. The fourth-order valence-corrected chi connectivity index (χ4v) is 3.69. The molecule has 0 spiro atoms. The minimum absolute atomic E-state index is 0.122. The maximum atomic E-state index is 13.4. The topological polar surface area (TPSA) is 38.3 Å². The van der Waals surface area contributed by atoms with E-state index in [2.05, 4.69) is 24.1 Å². The highest BCUT2D eigenvalue weighted by Gasteiger charge is 2.19. The molecule has 1 amide bonds. The van der Waals surface area contributed by atoms with Crippen molar-refractivity contribution in [2.45, 2.75) is 37.7 Å². The highest BCUT2D eigenvalue weighted by molar-refractivity contribution is 7.99. The van der Waals surface area contributed by atoms with Crippen LogP contribution < -0.4 is 10.1 Å². The molecule has 0 aliphatic carbocycles. The number of anilines is 1. The smallest absolute Gasteiger partial charge is 0.228 e. The van der Waals surface area contributed by atoms with E-state index in [9.17, 15) is 18.0 Å². The Morgan fingerprint density at radius 3 is 2.21 bits per heavy atom. The zero-order chi connectivity index (χ0) is 24.7. The van der Waals surface area contributed by atoms with E-state index in [4.69, 9.17) is 4.74 Å². The van der Waals surface area contributed by atoms with Crippen molar-refractivity contribution >= 4 is 23.4 Å². The number of carbonyl (C=O) groups excluding carboxylic acids is 1. The maximum Gasteiger partial charge on any atom is 0.228 e. The Kier molecular flexibility index (Phi) is 8.30. The van der Waals surface area contributed by atoms with Gasteiger partial charge in [0.05, 0.1) is 6.42 Å². The van der Waals surface area contributed by atoms with Crippen LogP contribution in [0.3, 0.4) is 0 Å². The molecule has 3 rings (SSSR count). The van der Waals surface area contributed by atoms with Crippen LogP contribution in [0.25, 0.3) is 0 Å². The van der Waals surface area contributed by atoms with Crippen LogP contribution in [0.5, 0.6) is 5.75 Å². The highest BCUT2D eigenvalue weighted by atomic mass is 32.2. The van der Waals surface area contributed by atoms with Crippen LogP contribution in [-0.4, -0.2) is 17.3 Å². The second kappa shape index (κ2) is 11.2. The number of rotatable bonds is 7. The summed E-state index contributed by atoms with van der Waals surface area (Å²) in [5.41, 5.74) is 1.15. The molecule has 0 radical (unpaired) electrons. The molecule has 0 fully saturated rings. The van der Waals surface area contributed by atoms with Crippen LogP contribution in [0.4, 0.5) is 18.9 Å². The summed E-state index contributed by atoms with van der Waals surface area (Å²) in [4.78, 5) is 13.5. The van der Waals surface area contributed by atoms with E-state index in [-0.39, 0.29) is 18.1 Å². The molecule has 0 bridgehead atoms. The van der Waals surface area contributed by atoms with E-state index in [1.807, 2.05) is 24.3 Å². The normalized spacial score (nSPS) is 10.9. The summed E-state index contributed by atoms with van der Waals surface area (Å²) in [6, 6.07) is 16.4. The molecule has 0 aliphatic heterocycles. The number of thioether (sulfide) groups is 1. The summed E-state index contributed by atoms with van der Waals surface area (Å²) >= 11 is 1.75. The van der Waals surface area contributed by atoms with Gasteiger partial charge in [-0.15, -0.1) is 11.8 Å². The second-order valence-corrected chi connectivity index (χ2v) is 9.28. The lowest BCUT2D eigenvalue weighted by Gasteiger charge is -2.20. The minimum Gasteiger partial charge on any atom is -0.475 e. The molecule has 7 heteroatoms. The monoisotopic (exact) mass is 483 g/mol. The molecule has 3 aromatic carbocycles. The van der Waals surface area contributed by atoms with Crippen LogP contribution >= 0.6 is 11.8 Å². The van der Waals surface area contributed by atoms with Crippen molar-refractivity contribution in [3.63, 3.8) is 0 Å². The summed E-state index contributed by atoms with van der Waals surface area (Å²) in [5.74, 6) is 2.32. The average molecular weight is 484 g/mol. The van der Waals surface area contributed by atoms with Crippen molar-refractivity contribution in [2.75, 3.05) is 11.1 Å². The van der Waals surface area contributed by atoms with Gasteiger partial charge in [-0.2, -0.15) is 0 Å². The third-order valence-corrected chi connectivity index (χ3v) is 5.50. The summed E-state index contributed by atoms with van der Waals surface area (Å²) in [5, 5.41) is 2.86. The second-order valence-electron chi connectivity index (χ2n) is 7.94. The van der Waals surface area contributed by atoms with Gasteiger partial charge in [0, 0.05) is 28.3 Å². The number of carbonyl (C=O) groups is 1. The summed E-state index contributed by atoms with van der Waals surface area (Å²) < 4.78 is 45.4. The SMILES string of the molecule is CCSc1ccc(CC(=O)Nc2ccc(C#CC(C)(C)Oc3cc(F)c(F)c(F)c3)cc2)cc1. The van der Waals surface area contributed by atoms with E-state index >= 15 is 0 Å². The van der Waals surface area contributed by atoms with Gasteiger partial charge < -0.3 is 10.1 Å². The Labute approximate surface area is 201 Å². The van der Waals surface area contributed by atoms with Gasteiger partial charge in [0.2, 0.25) is 5.91 Å². The van der Waals surface area contributed by atoms with Gasteiger partial charge >= 0.3 is 0 Å². The third-order valence-electron chi connectivity index (χ3n) is 4.61. The predicted molar refractivity (Wildman–Crippen MR) is 130 cm³/mol.